The van der Waals surface area contributed by atoms with Gasteiger partial charge in [-0.1, -0.05) is 0 Å². The van der Waals surface area contributed by atoms with E-state index < -0.39 is 24.0 Å². The minimum Gasteiger partial charge on any atom is -0.548 e. The lowest BCUT2D eigenvalue weighted by Crippen LogP contribution is -2.43. The van der Waals surface area contributed by atoms with Crippen molar-refractivity contribution in [2.45, 2.75) is 31.3 Å². The van der Waals surface area contributed by atoms with Crippen LogP contribution in [0.2, 0.25) is 0 Å². The fourth-order valence-corrected chi connectivity index (χ4v) is 0.793. The molecule has 6 nitrogen and oxygen atoms in total. The van der Waals surface area contributed by atoms with E-state index in [1.807, 2.05) is 0 Å². The van der Waals surface area contributed by atoms with Crippen molar-refractivity contribution in [3.8, 4) is 0 Å². The second kappa shape index (κ2) is 5.50. The summed E-state index contributed by atoms with van der Waals surface area (Å²) < 4.78 is 0. The highest BCUT2D eigenvalue weighted by atomic mass is 16.4. The Hall–Kier alpha value is -1.14. The van der Waals surface area contributed by atoms with Crippen LogP contribution in [-0.4, -0.2) is 24.0 Å². The fourth-order valence-electron chi connectivity index (χ4n) is 0.793. The standard InChI is InChI=1S/C7H14N2O4/c8-4(6(10)11)2-1-3-5(9)7(12)13/h4-5H,1-3,8-9H2,(H,10,11)(H,12,13)/p-2/t4-,5-/m0/s1. The van der Waals surface area contributed by atoms with Crippen LogP contribution in [0.3, 0.4) is 0 Å². The van der Waals surface area contributed by atoms with Crippen molar-refractivity contribution < 1.29 is 19.8 Å². The van der Waals surface area contributed by atoms with E-state index in [1.165, 1.54) is 0 Å². The molecular weight excluding hydrogens is 176 g/mol. The Bertz CT molecular complexity index is 175. The van der Waals surface area contributed by atoms with Gasteiger partial charge in [-0.3, -0.25) is 0 Å². The van der Waals surface area contributed by atoms with Gasteiger partial charge in [-0.2, -0.15) is 0 Å². The van der Waals surface area contributed by atoms with E-state index in [0.29, 0.717) is 6.42 Å². The van der Waals surface area contributed by atoms with Gasteiger partial charge in [0.2, 0.25) is 0 Å². The summed E-state index contributed by atoms with van der Waals surface area (Å²) in [6, 6.07) is -2.12. The van der Waals surface area contributed by atoms with Crippen LogP contribution in [0.1, 0.15) is 19.3 Å². The quantitative estimate of drug-likeness (QED) is 0.441. The van der Waals surface area contributed by atoms with Crippen LogP contribution in [0, 0.1) is 0 Å². The van der Waals surface area contributed by atoms with E-state index in [-0.39, 0.29) is 12.8 Å². The van der Waals surface area contributed by atoms with Crippen LogP contribution < -0.4 is 21.7 Å². The number of aliphatic carboxylic acids is 2. The van der Waals surface area contributed by atoms with Crippen LogP contribution >= 0.6 is 0 Å². The smallest absolute Gasteiger partial charge is 0.0582 e. The maximum absolute atomic E-state index is 10.1. The molecule has 0 heterocycles. The Balaban J connectivity index is 3.56. The number of carboxylic acid groups (broad SMARTS) is 2. The van der Waals surface area contributed by atoms with Gasteiger partial charge in [-0.05, 0) is 19.3 Å². The zero-order valence-electron chi connectivity index (χ0n) is 7.06. The van der Waals surface area contributed by atoms with E-state index in [9.17, 15) is 19.8 Å². The van der Waals surface area contributed by atoms with E-state index in [4.69, 9.17) is 11.5 Å². The molecule has 2 atom stereocenters. The fraction of sp³-hybridized carbons (Fsp3) is 0.714. The van der Waals surface area contributed by atoms with Gasteiger partial charge in [-0.25, -0.2) is 0 Å². The molecule has 0 bridgehead atoms. The van der Waals surface area contributed by atoms with Gasteiger partial charge >= 0.3 is 0 Å². The number of carbonyl (C=O) groups is 2. The lowest BCUT2D eigenvalue weighted by Gasteiger charge is -2.15. The molecule has 0 rings (SSSR count). The second-order valence-electron chi connectivity index (χ2n) is 2.78. The predicted molar refractivity (Wildman–Crippen MR) is 39.8 cm³/mol. The van der Waals surface area contributed by atoms with Crippen molar-refractivity contribution in [2.24, 2.45) is 11.5 Å². The van der Waals surface area contributed by atoms with Gasteiger partial charge in [0.25, 0.3) is 0 Å². The summed E-state index contributed by atoms with van der Waals surface area (Å²) in [6.45, 7) is 0. The summed E-state index contributed by atoms with van der Waals surface area (Å²) in [5.74, 6) is -2.69. The van der Waals surface area contributed by atoms with E-state index in [1.54, 1.807) is 0 Å². The first-order valence-corrected chi connectivity index (χ1v) is 3.88. The van der Waals surface area contributed by atoms with Crippen LogP contribution in [0.5, 0.6) is 0 Å². The number of rotatable bonds is 6. The molecule has 0 amide bonds. The van der Waals surface area contributed by atoms with Gasteiger partial charge in [-0.15, -0.1) is 0 Å². The Kier molecular flexibility index (Phi) is 5.01. The third-order valence-corrected chi connectivity index (χ3v) is 1.64. The SMILES string of the molecule is N[C@@H](CCC[C@H](N)C(=O)[O-])C(=O)[O-]. The molecule has 0 spiro atoms. The molecule has 0 aromatic rings. The molecule has 76 valence electrons. The first-order chi connectivity index (χ1) is 5.95. The molecule has 4 N–H and O–H groups in total. The average molecular weight is 188 g/mol. The zero-order chi connectivity index (χ0) is 10.4. The molecular formula is C7H12N2O4-2. The van der Waals surface area contributed by atoms with Crippen molar-refractivity contribution in [3.63, 3.8) is 0 Å². The maximum Gasteiger partial charge on any atom is 0.0582 e. The monoisotopic (exact) mass is 188 g/mol. The molecule has 0 unspecified atom stereocenters. The lowest BCUT2D eigenvalue weighted by atomic mass is 10.1. The Morgan fingerprint density at radius 2 is 1.31 bits per heavy atom. The highest BCUT2D eigenvalue weighted by Gasteiger charge is 2.06. The molecule has 0 aliphatic heterocycles. The number of nitrogens with two attached hydrogens (primary N) is 2. The maximum atomic E-state index is 10.1. The number of hydrogen-bond acceptors (Lipinski definition) is 6. The molecule has 0 aliphatic carbocycles. The van der Waals surface area contributed by atoms with Crippen LogP contribution in [0.4, 0.5) is 0 Å². The summed E-state index contributed by atoms with van der Waals surface area (Å²) in [5, 5.41) is 20.2. The van der Waals surface area contributed by atoms with Crippen molar-refractivity contribution in [2.75, 3.05) is 0 Å². The zero-order valence-corrected chi connectivity index (χ0v) is 7.06. The van der Waals surface area contributed by atoms with Gasteiger partial charge in [0.05, 0.1) is 11.9 Å². The van der Waals surface area contributed by atoms with Crippen LogP contribution in [0.15, 0.2) is 0 Å². The minimum absolute atomic E-state index is 0.156. The Morgan fingerprint density at radius 3 is 1.54 bits per heavy atom. The normalized spacial score (nSPS) is 14.9. The van der Waals surface area contributed by atoms with Gasteiger partial charge < -0.3 is 31.3 Å². The number of carbonyl (C=O) groups excluding carboxylic acids is 2. The number of hydrogen-bond donors (Lipinski definition) is 2. The predicted octanol–water partition coefficient (Wildman–Crippen LogP) is -3.69. The summed E-state index contributed by atoms with van der Waals surface area (Å²) in [7, 11) is 0. The first kappa shape index (κ1) is 11.9. The molecule has 13 heavy (non-hydrogen) atoms. The topological polar surface area (TPSA) is 132 Å². The highest BCUT2D eigenvalue weighted by molar-refractivity contribution is 5.71. The summed E-state index contributed by atoms with van der Waals surface area (Å²) in [4.78, 5) is 20.2. The number of carboxylic acids is 2. The van der Waals surface area contributed by atoms with Gasteiger partial charge in [0.15, 0.2) is 0 Å². The van der Waals surface area contributed by atoms with Crippen molar-refractivity contribution in [3.05, 3.63) is 0 Å². The van der Waals surface area contributed by atoms with Crippen LogP contribution in [0.25, 0.3) is 0 Å². The van der Waals surface area contributed by atoms with Gasteiger partial charge in [0.1, 0.15) is 0 Å². The van der Waals surface area contributed by atoms with Crippen molar-refractivity contribution in [1.29, 1.82) is 0 Å². The molecule has 0 radical (unpaired) electrons. The molecule has 0 saturated heterocycles. The lowest BCUT2D eigenvalue weighted by molar-refractivity contribution is -0.308. The Morgan fingerprint density at radius 1 is 1.00 bits per heavy atom. The molecule has 0 saturated carbocycles. The molecule has 0 aromatic carbocycles. The first-order valence-electron chi connectivity index (χ1n) is 3.88. The summed E-state index contributed by atoms with van der Waals surface area (Å²) in [6.07, 6.45) is 0.636. The van der Waals surface area contributed by atoms with Gasteiger partial charge in [0, 0.05) is 12.1 Å². The minimum atomic E-state index is -1.35. The van der Waals surface area contributed by atoms with Crippen LogP contribution in [-0.2, 0) is 9.59 Å². The molecule has 0 aliphatic rings. The summed E-state index contributed by atoms with van der Waals surface area (Å²) >= 11 is 0. The molecule has 0 aromatic heterocycles. The third-order valence-electron chi connectivity index (χ3n) is 1.64. The summed E-state index contributed by atoms with van der Waals surface area (Å²) in [5.41, 5.74) is 10.2. The molecule has 6 heteroatoms. The largest absolute Gasteiger partial charge is 0.548 e. The van der Waals surface area contributed by atoms with E-state index in [2.05, 4.69) is 0 Å². The third kappa shape index (κ3) is 5.15. The van der Waals surface area contributed by atoms with E-state index >= 15 is 0 Å². The average Bonchev–Trinajstić information content (AvgIpc) is 2.03. The second-order valence-corrected chi connectivity index (χ2v) is 2.78. The van der Waals surface area contributed by atoms with Crippen molar-refractivity contribution >= 4 is 11.9 Å². The molecule has 0 fully saturated rings. The van der Waals surface area contributed by atoms with E-state index in [0.717, 1.165) is 0 Å². The highest BCUT2D eigenvalue weighted by Crippen LogP contribution is 2.00. The Labute approximate surface area is 75.5 Å². The van der Waals surface area contributed by atoms with Crippen molar-refractivity contribution in [1.82, 2.24) is 0 Å².